The highest BCUT2D eigenvalue weighted by molar-refractivity contribution is 9.10. The van der Waals surface area contributed by atoms with Crippen molar-refractivity contribution in [2.24, 2.45) is 0 Å². The SMILES string of the molecule is O=C(O)CNC(C(=O)O)c1ccc(Br)cc1. The van der Waals surface area contributed by atoms with Gasteiger partial charge in [-0.05, 0) is 17.7 Å². The monoisotopic (exact) mass is 287 g/mol. The highest BCUT2D eigenvalue weighted by Gasteiger charge is 2.19. The van der Waals surface area contributed by atoms with Crippen molar-refractivity contribution in [1.29, 1.82) is 0 Å². The molecule has 1 aromatic rings. The van der Waals surface area contributed by atoms with E-state index in [1.165, 1.54) is 0 Å². The third-order valence-corrected chi connectivity index (χ3v) is 2.44. The number of aliphatic carboxylic acids is 2. The zero-order chi connectivity index (χ0) is 12.1. The minimum absolute atomic E-state index is 0.396. The van der Waals surface area contributed by atoms with Crippen LogP contribution < -0.4 is 5.32 Å². The van der Waals surface area contributed by atoms with Gasteiger partial charge in [0, 0.05) is 4.47 Å². The van der Waals surface area contributed by atoms with Crippen LogP contribution in [-0.2, 0) is 9.59 Å². The number of hydrogen-bond donors (Lipinski definition) is 3. The molecule has 1 aromatic carbocycles. The average molecular weight is 288 g/mol. The smallest absolute Gasteiger partial charge is 0.325 e. The van der Waals surface area contributed by atoms with Gasteiger partial charge in [0.15, 0.2) is 0 Å². The maximum atomic E-state index is 10.9. The lowest BCUT2D eigenvalue weighted by Gasteiger charge is -2.13. The summed E-state index contributed by atoms with van der Waals surface area (Å²) in [6.45, 7) is -0.396. The van der Waals surface area contributed by atoms with Crippen LogP contribution in [0.1, 0.15) is 11.6 Å². The molecule has 1 unspecified atom stereocenters. The Kier molecular flexibility index (Phi) is 4.45. The van der Waals surface area contributed by atoms with Gasteiger partial charge in [-0.3, -0.25) is 14.9 Å². The first-order valence-corrected chi connectivity index (χ1v) is 5.23. The van der Waals surface area contributed by atoms with E-state index in [2.05, 4.69) is 21.2 Å². The summed E-state index contributed by atoms with van der Waals surface area (Å²) in [6, 6.07) is 5.64. The molecule has 0 amide bonds. The molecule has 0 bridgehead atoms. The van der Waals surface area contributed by atoms with Crippen LogP contribution in [0.5, 0.6) is 0 Å². The lowest BCUT2D eigenvalue weighted by atomic mass is 10.1. The summed E-state index contributed by atoms with van der Waals surface area (Å²) >= 11 is 3.23. The topological polar surface area (TPSA) is 86.6 Å². The molecule has 0 fully saturated rings. The Morgan fingerprint density at radius 1 is 1.25 bits per heavy atom. The second-order valence-electron chi connectivity index (χ2n) is 3.10. The highest BCUT2D eigenvalue weighted by atomic mass is 79.9. The fourth-order valence-corrected chi connectivity index (χ4v) is 1.46. The maximum Gasteiger partial charge on any atom is 0.325 e. The summed E-state index contributed by atoms with van der Waals surface area (Å²) in [6.07, 6.45) is 0. The summed E-state index contributed by atoms with van der Waals surface area (Å²) < 4.78 is 0.832. The number of carboxylic acids is 2. The van der Waals surface area contributed by atoms with Gasteiger partial charge >= 0.3 is 11.9 Å². The Morgan fingerprint density at radius 2 is 1.81 bits per heavy atom. The summed E-state index contributed by atoms with van der Waals surface area (Å²) in [4.78, 5) is 21.3. The van der Waals surface area contributed by atoms with E-state index in [0.717, 1.165) is 4.47 Å². The average Bonchev–Trinajstić information content (AvgIpc) is 2.20. The molecule has 0 saturated heterocycles. The molecule has 0 radical (unpaired) electrons. The van der Waals surface area contributed by atoms with Gasteiger partial charge < -0.3 is 10.2 Å². The molecular formula is C10H10BrNO4. The van der Waals surface area contributed by atoms with Crippen molar-refractivity contribution in [3.63, 3.8) is 0 Å². The standard InChI is InChI=1S/C10H10BrNO4/c11-7-3-1-6(2-4-7)9(10(15)16)12-5-8(13)14/h1-4,9,12H,5H2,(H,13,14)(H,15,16). The van der Waals surface area contributed by atoms with E-state index in [4.69, 9.17) is 10.2 Å². The van der Waals surface area contributed by atoms with Gasteiger partial charge in [0.2, 0.25) is 0 Å². The number of nitrogens with one attached hydrogen (secondary N) is 1. The second kappa shape index (κ2) is 5.62. The van der Waals surface area contributed by atoms with Crippen molar-refractivity contribution in [3.05, 3.63) is 34.3 Å². The number of carboxylic acid groups (broad SMARTS) is 2. The lowest BCUT2D eigenvalue weighted by molar-refractivity contribution is -0.140. The number of rotatable bonds is 5. The lowest BCUT2D eigenvalue weighted by Crippen LogP contribution is -2.32. The third-order valence-electron chi connectivity index (χ3n) is 1.91. The molecule has 0 aliphatic carbocycles. The Bertz CT molecular complexity index is 390. The minimum Gasteiger partial charge on any atom is -0.480 e. The second-order valence-corrected chi connectivity index (χ2v) is 4.01. The van der Waals surface area contributed by atoms with E-state index in [-0.39, 0.29) is 0 Å². The van der Waals surface area contributed by atoms with Crippen molar-refractivity contribution < 1.29 is 19.8 Å². The van der Waals surface area contributed by atoms with Crippen LogP contribution in [0.3, 0.4) is 0 Å². The van der Waals surface area contributed by atoms with Crippen molar-refractivity contribution in [1.82, 2.24) is 5.32 Å². The van der Waals surface area contributed by atoms with Gasteiger partial charge in [-0.25, -0.2) is 0 Å². The molecule has 0 saturated carbocycles. The van der Waals surface area contributed by atoms with E-state index in [0.29, 0.717) is 5.56 Å². The first-order chi connectivity index (χ1) is 7.50. The van der Waals surface area contributed by atoms with Crippen molar-refractivity contribution in [3.8, 4) is 0 Å². The summed E-state index contributed by atoms with van der Waals surface area (Å²) in [5.41, 5.74) is 0.511. The highest BCUT2D eigenvalue weighted by Crippen LogP contribution is 2.17. The van der Waals surface area contributed by atoms with E-state index < -0.39 is 24.5 Å². The number of hydrogen-bond acceptors (Lipinski definition) is 3. The molecule has 0 spiro atoms. The Labute approximate surface area is 100 Å². The van der Waals surface area contributed by atoms with Crippen LogP contribution in [0.2, 0.25) is 0 Å². The van der Waals surface area contributed by atoms with Gasteiger partial charge in [0.25, 0.3) is 0 Å². The third kappa shape index (κ3) is 3.63. The number of carbonyl (C=O) groups is 2. The molecule has 6 heteroatoms. The zero-order valence-electron chi connectivity index (χ0n) is 8.18. The van der Waals surface area contributed by atoms with Crippen LogP contribution in [-0.4, -0.2) is 28.7 Å². The van der Waals surface area contributed by atoms with Crippen LogP contribution in [0.15, 0.2) is 28.7 Å². The minimum atomic E-state index is -1.11. The summed E-state index contributed by atoms with van der Waals surface area (Å²) in [5.74, 6) is -2.20. The molecule has 0 aliphatic heterocycles. The Hall–Kier alpha value is -1.40. The molecule has 16 heavy (non-hydrogen) atoms. The van der Waals surface area contributed by atoms with E-state index in [1.807, 2.05) is 0 Å². The molecule has 3 N–H and O–H groups in total. The maximum absolute atomic E-state index is 10.9. The van der Waals surface area contributed by atoms with Crippen LogP contribution in [0.25, 0.3) is 0 Å². The quantitative estimate of drug-likeness (QED) is 0.759. The van der Waals surface area contributed by atoms with Gasteiger partial charge in [-0.1, -0.05) is 28.1 Å². The molecule has 0 aromatic heterocycles. The first-order valence-electron chi connectivity index (χ1n) is 4.44. The van der Waals surface area contributed by atoms with Gasteiger partial charge in [-0.2, -0.15) is 0 Å². The first kappa shape index (κ1) is 12.7. The molecule has 1 atom stereocenters. The number of halogens is 1. The van der Waals surface area contributed by atoms with Crippen molar-refractivity contribution >= 4 is 27.9 Å². The van der Waals surface area contributed by atoms with Crippen molar-refractivity contribution in [2.45, 2.75) is 6.04 Å². The van der Waals surface area contributed by atoms with E-state index >= 15 is 0 Å². The Balaban J connectivity index is 2.81. The molecule has 0 heterocycles. The molecular weight excluding hydrogens is 278 g/mol. The normalized spacial score (nSPS) is 12.1. The van der Waals surface area contributed by atoms with E-state index in [1.54, 1.807) is 24.3 Å². The molecule has 86 valence electrons. The van der Waals surface area contributed by atoms with Gasteiger partial charge in [0.1, 0.15) is 6.04 Å². The Morgan fingerprint density at radius 3 is 2.25 bits per heavy atom. The summed E-state index contributed by atoms with van der Waals surface area (Å²) in [7, 11) is 0. The fraction of sp³-hybridized carbons (Fsp3) is 0.200. The van der Waals surface area contributed by atoms with Crippen molar-refractivity contribution in [2.75, 3.05) is 6.54 Å². The molecule has 5 nitrogen and oxygen atoms in total. The van der Waals surface area contributed by atoms with Gasteiger partial charge in [-0.15, -0.1) is 0 Å². The molecule has 0 aliphatic rings. The van der Waals surface area contributed by atoms with Crippen LogP contribution in [0.4, 0.5) is 0 Å². The van der Waals surface area contributed by atoms with E-state index in [9.17, 15) is 9.59 Å². The zero-order valence-corrected chi connectivity index (χ0v) is 9.77. The predicted molar refractivity (Wildman–Crippen MR) is 60.2 cm³/mol. The fourth-order valence-electron chi connectivity index (χ4n) is 1.19. The van der Waals surface area contributed by atoms with Crippen LogP contribution in [0, 0.1) is 0 Å². The predicted octanol–water partition coefficient (Wildman–Crippen LogP) is 1.25. The summed E-state index contributed by atoms with van der Waals surface area (Å²) in [5, 5.41) is 19.9. The molecule has 1 rings (SSSR count). The largest absolute Gasteiger partial charge is 0.480 e. The van der Waals surface area contributed by atoms with Crippen LogP contribution >= 0.6 is 15.9 Å². The number of benzene rings is 1. The van der Waals surface area contributed by atoms with Gasteiger partial charge in [0.05, 0.1) is 6.54 Å².